The van der Waals surface area contributed by atoms with E-state index in [9.17, 15) is 0 Å². The maximum absolute atomic E-state index is 4.94. The van der Waals surface area contributed by atoms with Gasteiger partial charge in [-0.1, -0.05) is 79.4 Å². The molecule has 0 spiro atoms. The summed E-state index contributed by atoms with van der Waals surface area (Å²) in [5, 5.41) is 0.599. The lowest BCUT2D eigenvalue weighted by atomic mass is 9.44. The van der Waals surface area contributed by atoms with Crippen molar-refractivity contribution in [2.75, 3.05) is 0 Å². The van der Waals surface area contributed by atoms with Gasteiger partial charge in [-0.25, -0.2) is 0 Å². The van der Waals surface area contributed by atoms with Crippen molar-refractivity contribution >= 4 is 12.6 Å². The molecule has 184 valence electrons. The van der Waals surface area contributed by atoms with Gasteiger partial charge in [0.15, 0.2) is 0 Å². The summed E-state index contributed by atoms with van der Waals surface area (Å²) >= 11 is 4.94. The van der Waals surface area contributed by atoms with Crippen molar-refractivity contribution in [1.29, 1.82) is 0 Å². The number of allylic oxidation sites excluding steroid dienone is 2. The molecule has 4 unspecified atom stereocenters. The van der Waals surface area contributed by atoms with Crippen molar-refractivity contribution in [2.45, 2.75) is 124 Å². The molecule has 4 rings (SSSR count). The van der Waals surface area contributed by atoms with Gasteiger partial charge in [-0.05, 0) is 110 Å². The Morgan fingerprint density at radius 1 is 0.906 bits per heavy atom. The van der Waals surface area contributed by atoms with Crippen molar-refractivity contribution < 1.29 is 0 Å². The normalized spacial score (nSPS) is 44.8. The second kappa shape index (κ2) is 9.62. The molecular formula is C31H54S. The molecule has 0 nitrogen and oxygen atoms in total. The van der Waals surface area contributed by atoms with Gasteiger partial charge in [0.25, 0.3) is 0 Å². The molecule has 0 aromatic heterocycles. The Bertz CT molecular complexity index is 676. The van der Waals surface area contributed by atoms with Crippen LogP contribution >= 0.6 is 12.6 Å². The highest BCUT2D eigenvalue weighted by Gasteiger charge is 2.60. The number of hydrogen-bond acceptors (Lipinski definition) is 1. The number of thiol groups is 1. The van der Waals surface area contributed by atoms with E-state index in [2.05, 4.69) is 54.5 Å². The minimum absolute atomic E-state index is 0.472. The second-order valence-corrected chi connectivity index (χ2v) is 14.9. The first-order valence-electron chi connectivity index (χ1n) is 14.5. The summed E-state index contributed by atoms with van der Waals surface area (Å²) < 4.78 is 0. The third-order valence-corrected chi connectivity index (χ3v) is 11.6. The van der Waals surface area contributed by atoms with Gasteiger partial charge >= 0.3 is 0 Å². The lowest BCUT2D eigenvalue weighted by molar-refractivity contribution is -0.0720. The van der Waals surface area contributed by atoms with Crippen molar-refractivity contribution in [3.63, 3.8) is 0 Å². The van der Waals surface area contributed by atoms with Crippen LogP contribution in [0.1, 0.15) is 119 Å². The SMILES string of the molecule is CC(C)CCC[C@@H](C)[C@H]1CCC2C3C(CC(C)C)C=C4C[C@@H](S)CC[C@]4(C)C3CC[C@@]21C. The zero-order chi connectivity index (χ0) is 23.3. The lowest BCUT2D eigenvalue weighted by Gasteiger charge is -2.60. The summed E-state index contributed by atoms with van der Waals surface area (Å²) in [6, 6.07) is 0. The first kappa shape index (κ1) is 25.2. The Labute approximate surface area is 206 Å². The predicted molar refractivity (Wildman–Crippen MR) is 144 cm³/mol. The van der Waals surface area contributed by atoms with Gasteiger partial charge in [0.2, 0.25) is 0 Å². The Balaban J connectivity index is 1.60. The first-order valence-corrected chi connectivity index (χ1v) is 15.0. The minimum Gasteiger partial charge on any atom is -0.176 e. The van der Waals surface area contributed by atoms with E-state index in [1.54, 1.807) is 0 Å². The molecule has 0 aromatic rings. The summed E-state index contributed by atoms with van der Waals surface area (Å²) in [7, 11) is 0. The third-order valence-electron chi connectivity index (χ3n) is 11.2. The van der Waals surface area contributed by atoms with Crippen LogP contribution in [0.5, 0.6) is 0 Å². The molecule has 0 aliphatic heterocycles. The van der Waals surface area contributed by atoms with Gasteiger partial charge in [0, 0.05) is 5.25 Å². The summed E-state index contributed by atoms with van der Waals surface area (Å²) in [6.45, 7) is 17.7. The Morgan fingerprint density at radius 2 is 1.66 bits per heavy atom. The fourth-order valence-electron chi connectivity index (χ4n) is 9.60. The van der Waals surface area contributed by atoms with Gasteiger partial charge in [0.05, 0.1) is 0 Å². The van der Waals surface area contributed by atoms with E-state index < -0.39 is 0 Å². The highest BCUT2D eigenvalue weighted by Crippen LogP contribution is 2.68. The Hall–Kier alpha value is 0.0900. The van der Waals surface area contributed by atoms with Crippen LogP contribution in [0.3, 0.4) is 0 Å². The van der Waals surface area contributed by atoms with Crippen molar-refractivity contribution in [3.05, 3.63) is 11.6 Å². The molecule has 3 fully saturated rings. The predicted octanol–water partition coefficient (Wildman–Crippen LogP) is 9.60. The zero-order valence-electron chi connectivity index (χ0n) is 22.5. The largest absolute Gasteiger partial charge is 0.176 e. The fourth-order valence-corrected chi connectivity index (χ4v) is 9.92. The van der Waals surface area contributed by atoms with E-state index in [0.29, 0.717) is 16.1 Å². The Kier molecular flexibility index (Phi) is 7.57. The van der Waals surface area contributed by atoms with Crippen LogP contribution in [-0.4, -0.2) is 5.25 Å². The Morgan fingerprint density at radius 3 is 2.34 bits per heavy atom. The molecule has 1 heteroatoms. The highest BCUT2D eigenvalue weighted by atomic mass is 32.1. The summed E-state index contributed by atoms with van der Waals surface area (Å²) in [6.07, 6.45) is 18.5. The summed E-state index contributed by atoms with van der Waals surface area (Å²) in [4.78, 5) is 0. The van der Waals surface area contributed by atoms with Crippen molar-refractivity contribution in [1.82, 2.24) is 0 Å². The molecule has 4 aliphatic rings. The van der Waals surface area contributed by atoms with Gasteiger partial charge < -0.3 is 0 Å². The minimum atomic E-state index is 0.472. The average molecular weight is 459 g/mol. The smallest absolute Gasteiger partial charge is 0.00545 e. The molecule has 4 aliphatic carbocycles. The molecular weight excluding hydrogens is 404 g/mol. The first-order chi connectivity index (χ1) is 15.1. The van der Waals surface area contributed by atoms with Crippen LogP contribution in [0.2, 0.25) is 0 Å². The van der Waals surface area contributed by atoms with Crippen LogP contribution in [0, 0.1) is 58.2 Å². The standard InChI is InChI=1S/C31H54S/c1-20(2)9-8-10-22(5)26-11-12-27-29-23(17-21(3)4)18-24-19-25(32)13-15-30(24,6)28(29)14-16-31(26,27)7/h18,20-23,25-29,32H,8-17,19H2,1-7H3/t22-,23?,25+,26-,27?,28?,29?,30+,31-/m1/s1. The van der Waals surface area contributed by atoms with Crippen LogP contribution in [0.4, 0.5) is 0 Å². The maximum Gasteiger partial charge on any atom is 0.00545 e. The molecule has 0 saturated heterocycles. The van der Waals surface area contributed by atoms with Crippen molar-refractivity contribution in [3.8, 4) is 0 Å². The number of rotatable bonds is 7. The molecule has 0 N–H and O–H groups in total. The van der Waals surface area contributed by atoms with Crippen LogP contribution in [0.25, 0.3) is 0 Å². The molecule has 0 aromatic carbocycles. The number of fused-ring (bicyclic) bond motifs is 5. The van der Waals surface area contributed by atoms with E-state index >= 15 is 0 Å². The van der Waals surface area contributed by atoms with Gasteiger partial charge in [-0.3, -0.25) is 0 Å². The molecule has 32 heavy (non-hydrogen) atoms. The quantitative estimate of drug-likeness (QED) is 0.285. The van der Waals surface area contributed by atoms with E-state index in [4.69, 9.17) is 12.6 Å². The molecule has 0 radical (unpaired) electrons. The van der Waals surface area contributed by atoms with E-state index in [1.807, 2.05) is 5.57 Å². The zero-order valence-corrected chi connectivity index (χ0v) is 23.4. The third kappa shape index (κ3) is 4.52. The van der Waals surface area contributed by atoms with Crippen molar-refractivity contribution in [2.24, 2.45) is 58.2 Å². The fraction of sp³-hybridized carbons (Fsp3) is 0.935. The highest BCUT2D eigenvalue weighted by molar-refractivity contribution is 7.80. The topological polar surface area (TPSA) is 0 Å². The number of hydrogen-bond donors (Lipinski definition) is 1. The summed E-state index contributed by atoms with van der Waals surface area (Å²) in [5.41, 5.74) is 2.88. The summed E-state index contributed by atoms with van der Waals surface area (Å²) in [5.74, 6) is 7.19. The monoisotopic (exact) mass is 458 g/mol. The van der Waals surface area contributed by atoms with E-state index in [0.717, 1.165) is 47.3 Å². The molecule has 0 bridgehead atoms. The van der Waals surface area contributed by atoms with Crippen LogP contribution < -0.4 is 0 Å². The molecule has 0 amide bonds. The molecule has 9 atom stereocenters. The van der Waals surface area contributed by atoms with Gasteiger partial charge in [0.1, 0.15) is 0 Å². The lowest BCUT2D eigenvalue weighted by Crippen LogP contribution is -2.53. The van der Waals surface area contributed by atoms with Crippen LogP contribution in [0.15, 0.2) is 11.6 Å². The van der Waals surface area contributed by atoms with E-state index in [-0.39, 0.29) is 0 Å². The average Bonchev–Trinajstić information content (AvgIpc) is 3.05. The van der Waals surface area contributed by atoms with Crippen LogP contribution in [-0.2, 0) is 0 Å². The van der Waals surface area contributed by atoms with Gasteiger partial charge in [-0.15, -0.1) is 0 Å². The maximum atomic E-state index is 4.94. The molecule has 0 heterocycles. The van der Waals surface area contributed by atoms with Gasteiger partial charge in [-0.2, -0.15) is 12.6 Å². The van der Waals surface area contributed by atoms with E-state index in [1.165, 1.54) is 70.6 Å². The molecule has 3 saturated carbocycles. The second-order valence-electron chi connectivity index (χ2n) is 14.1.